The zero-order chi connectivity index (χ0) is 22.0. The van der Waals surface area contributed by atoms with Gasteiger partial charge in [-0.1, -0.05) is 17.7 Å². The van der Waals surface area contributed by atoms with E-state index in [4.69, 9.17) is 4.74 Å². The number of anilines is 2. The number of hydrogen-bond acceptors (Lipinski definition) is 7. The van der Waals surface area contributed by atoms with Gasteiger partial charge in [0.2, 0.25) is 0 Å². The number of rotatable bonds is 5. The molecule has 1 amide bonds. The predicted octanol–water partition coefficient (Wildman–Crippen LogP) is 4.42. The van der Waals surface area contributed by atoms with Crippen molar-refractivity contribution in [2.24, 2.45) is 0 Å². The molecule has 160 valence electrons. The Kier molecular flexibility index (Phi) is 5.97. The molecule has 1 N–H and O–H groups in total. The van der Waals surface area contributed by atoms with Gasteiger partial charge in [-0.25, -0.2) is 4.98 Å². The number of nitro groups is 1. The second-order valence-corrected chi connectivity index (χ2v) is 8.23. The maximum absolute atomic E-state index is 12.7. The van der Waals surface area contributed by atoms with Crippen molar-refractivity contribution >= 4 is 33.8 Å². The topological polar surface area (TPSA) is 97.6 Å². The lowest BCUT2D eigenvalue weighted by molar-refractivity contribution is -0.384. The van der Waals surface area contributed by atoms with Gasteiger partial charge in [-0.05, 0) is 37.6 Å². The molecule has 9 heteroatoms. The lowest BCUT2D eigenvalue weighted by Crippen LogP contribution is -2.36. The fourth-order valence-corrected chi connectivity index (χ4v) is 4.22. The number of amides is 1. The highest BCUT2D eigenvalue weighted by Gasteiger charge is 2.23. The normalized spacial score (nSPS) is 13.8. The smallest absolute Gasteiger partial charge is 0.293 e. The highest BCUT2D eigenvalue weighted by Crippen LogP contribution is 2.31. The van der Waals surface area contributed by atoms with Gasteiger partial charge in [0.15, 0.2) is 5.13 Å². The van der Waals surface area contributed by atoms with E-state index in [1.165, 1.54) is 17.4 Å². The van der Waals surface area contributed by atoms with E-state index < -0.39 is 10.8 Å². The molecule has 0 radical (unpaired) electrons. The second-order valence-electron chi connectivity index (χ2n) is 7.37. The average molecular weight is 439 g/mol. The van der Waals surface area contributed by atoms with Crippen LogP contribution >= 0.6 is 11.3 Å². The minimum atomic E-state index is -0.455. The molecule has 0 bridgehead atoms. The number of carbonyl (C=O) groups excluding carboxylic acids is 1. The van der Waals surface area contributed by atoms with E-state index >= 15 is 0 Å². The van der Waals surface area contributed by atoms with Crippen LogP contribution in [0.5, 0.6) is 0 Å². The number of aromatic nitrogens is 1. The summed E-state index contributed by atoms with van der Waals surface area (Å²) in [5, 5.41) is 16.7. The summed E-state index contributed by atoms with van der Waals surface area (Å²) in [4.78, 5) is 30.3. The summed E-state index contributed by atoms with van der Waals surface area (Å²) in [6, 6.07) is 10.7. The average Bonchev–Trinajstić information content (AvgIpc) is 3.23. The fourth-order valence-electron chi connectivity index (χ4n) is 3.52. The van der Waals surface area contributed by atoms with E-state index in [0.717, 1.165) is 22.4 Å². The van der Waals surface area contributed by atoms with Crippen LogP contribution in [-0.2, 0) is 4.74 Å². The number of hydrogen-bond donors (Lipinski definition) is 1. The Morgan fingerprint density at radius 3 is 2.71 bits per heavy atom. The van der Waals surface area contributed by atoms with Crippen LogP contribution in [0, 0.1) is 24.0 Å². The Morgan fingerprint density at radius 1 is 1.19 bits per heavy atom. The van der Waals surface area contributed by atoms with Crippen LogP contribution in [-0.4, -0.2) is 42.1 Å². The maximum Gasteiger partial charge on any atom is 0.293 e. The minimum Gasteiger partial charge on any atom is -0.378 e. The molecule has 1 fully saturated rings. The van der Waals surface area contributed by atoms with Crippen LogP contribution in [0.2, 0.25) is 0 Å². The summed E-state index contributed by atoms with van der Waals surface area (Å²) in [5.41, 5.74) is 4.65. The molecule has 2 aromatic carbocycles. The SMILES string of the molecule is Cc1ccc(C)c(-c2csc(NC(=O)c3ccc(N4CCOCC4)c([N+](=O)[O-])c3)n2)c1. The van der Waals surface area contributed by atoms with Crippen molar-refractivity contribution < 1.29 is 14.5 Å². The molecule has 31 heavy (non-hydrogen) atoms. The molecule has 8 nitrogen and oxygen atoms in total. The molecule has 1 saturated heterocycles. The Bertz CT molecular complexity index is 1140. The number of morpholine rings is 1. The Balaban J connectivity index is 1.55. The summed E-state index contributed by atoms with van der Waals surface area (Å²) in [6.45, 7) is 6.23. The number of benzene rings is 2. The molecule has 1 aromatic heterocycles. The summed E-state index contributed by atoms with van der Waals surface area (Å²) >= 11 is 1.32. The highest BCUT2D eigenvalue weighted by atomic mass is 32.1. The number of nitrogens with zero attached hydrogens (tertiary/aromatic N) is 3. The summed E-state index contributed by atoms with van der Waals surface area (Å²) in [5.74, 6) is -0.432. The van der Waals surface area contributed by atoms with Gasteiger partial charge in [-0.2, -0.15) is 0 Å². The predicted molar refractivity (Wildman–Crippen MR) is 121 cm³/mol. The third-order valence-corrected chi connectivity index (χ3v) is 5.94. The first-order valence-electron chi connectivity index (χ1n) is 9.88. The number of nitrogens with one attached hydrogen (secondary N) is 1. The van der Waals surface area contributed by atoms with Gasteiger partial charge in [0.05, 0.1) is 23.8 Å². The van der Waals surface area contributed by atoms with Crippen molar-refractivity contribution in [1.82, 2.24) is 4.98 Å². The van der Waals surface area contributed by atoms with Crippen molar-refractivity contribution in [2.45, 2.75) is 13.8 Å². The number of aryl methyl sites for hydroxylation is 2. The molecular formula is C22H22N4O4S. The monoisotopic (exact) mass is 438 g/mol. The fraction of sp³-hybridized carbons (Fsp3) is 0.273. The molecular weight excluding hydrogens is 416 g/mol. The van der Waals surface area contributed by atoms with Gasteiger partial charge in [-0.15, -0.1) is 11.3 Å². The van der Waals surface area contributed by atoms with E-state index in [9.17, 15) is 14.9 Å². The highest BCUT2D eigenvalue weighted by molar-refractivity contribution is 7.14. The number of carbonyl (C=O) groups is 1. The molecule has 0 atom stereocenters. The maximum atomic E-state index is 12.7. The molecule has 3 aromatic rings. The summed E-state index contributed by atoms with van der Waals surface area (Å²) < 4.78 is 5.32. The Hall–Kier alpha value is -3.30. The van der Waals surface area contributed by atoms with Gasteiger partial charge >= 0.3 is 0 Å². The van der Waals surface area contributed by atoms with E-state index in [1.807, 2.05) is 36.3 Å². The third-order valence-electron chi connectivity index (χ3n) is 5.18. The summed E-state index contributed by atoms with van der Waals surface area (Å²) in [6.07, 6.45) is 0. The van der Waals surface area contributed by atoms with Crippen LogP contribution in [0.3, 0.4) is 0 Å². The quantitative estimate of drug-likeness (QED) is 0.468. The van der Waals surface area contributed by atoms with E-state index in [1.54, 1.807) is 12.1 Å². The molecule has 4 rings (SSSR count). The lowest BCUT2D eigenvalue weighted by atomic mass is 10.0. The van der Waals surface area contributed by atoms with E-state index in [-0.39, 0.29) is 11.3 Å². The molecule has 0 unspecified atom stereocenters. The number of thiazole rings is 1. The zero-order valence-electron chi connectivity index (χ0n) is 17.3. The van der Waals surface area contributed by atoms with Crippen LogP contribution in [0.4, 0.5) is 16.5 Å². The van der Waals surface area contributed by atoms with Crippen molar-refractivity contribution in [1.29, 1.82) is 0 Å². The molecule has 0 aliphatic carbocycles. The number of ether oxygens (including phenoxy) is 1. The second kappa shape index (κ2) is 8.83. The third kappa shape index (κ3) is 4.57. The van der Waals surface area contributed by atoms with Crippen molar-refractivity contribution in [2.75, 3.05) is 36.5 Å². The molecule has 2 heterocycles. The Morgan fingerprint density at radius 2 is 1.97 bits per heavy atom. The van der Waals surface area contributed by atoms with Gasteiger partial charge in [0.25, 0.3) is 11.6 Å². The van der Waals surface area contributed by atoms with Crippen LogP contribution in [0.15, 0.2) is 41.8 Å². The lowest BCUT2D eigenvalue weighted by Gasteiger charge is -2.28. The first kappa shape index (κ1) is 21.0. The number of nitro benzene ring substituents is 1. The van der Waals surface area contributed by atoms with Gasteiger partial charge in [-0.3, -0.25) is 20.2 Å². The largest absolute Gasteiger partial charge is 0.378 e. The van der Waals surface area contributed by atoms with Crippen LogP contribution < -0.4 is 10.2 Å². The first-order chi connectivity index (χ1) is 14.9. The molecule has 1 aliphatic rings. The van der Waals surface area contributed by atoms with Crippen LogP contribution in [0.25, 0.3) is 11.3 Å². The zero-order valence-corrected chi connectivity index (χ0v) is 18.1. The standard InChI is InChI=1S/C22H22N4O4S/c1-14-3-4-15(2)17(11-14)18-13-31-22(23-18)24-21(27)16-5-6-19(20(12-16)26(28)29)25-7-9-30-10-8-25/h3-6,11-13H,7-10H2,1-2H3,(H,23,24,27). The Labute approximate surface area is 183 Å². The van der Waals surface area contributed by atoms with Gasteiger partial charge < -0.3 is 9.64 Å². The van der Waals surface area contributed by atoms with Crippen molar-refractivity contribution in [3.63, 3.8) is 0 Å². The first-order valence-corrected chi connectivity index (χ1v) is 10.8. The van der Waals surface area contributed by atoms with E-state index in [2.05, 4.69) is 16.4 Å². The molecule has 0 spiro atoms. The van der Waals surface area contributed by atoms with Crippen molar-refractivity contribution in [3.05, 3.63) is 68.6 Å². The summed E-state index contributed by atoms with van der Waals surface area (Å²) in [7, 11) is 0. The molecule has 1 aliphatic heterocycles. The van der Waals surface area contributed by atoms with Crippen LogP contribution in [0.1, 0.15) is 21.5 Å². The van der Waals surface area contributed by atoms with E-state index in [0.29, 0.717) is 37.1 Å². The van der Waals surface area contributed by atoms with Gasteiger partial charge in [0, 0.05) is 35.7 Å². The van der Waals surface area contributed by atoms with Crippen molar-refractivity contribution in [3.8, 4) is 11.3 Å². The molecule has 0 saturated carbocycles. The van der Waals surface area contributed by atoms with Gasteiger partial charge in [0.1, 0.15) is 5.69 Å². The minimum absolute atomic E-state index is 0.0928.